The van der Waals surface area contributed by atoms with Gasteiger partial charge in [0, 0.05) is 55.7 Å². The first-order valence-corrected chi connectivity index (χ1v) is 19.4. The number of ether oxygens (including phenoxy) is 1. The standard InChI is InChI=1S/C41H45F3N8O5S/c1-5-26-19-31(52-39(58)51(38(56)40(52,3)4)30-10-9-27(22-45)32(21-30)41(42,43)44)11-13-34(26)57-18-17-49-15-16-50(25(2)23-49)24-36(54)47-29-8-6-7-28(20-29)46-33-12-14-35(53)48-37(33)55/h6-11,13,19-21,25,33,46H,5,12,14-18,23-24H2,1-4H3,(H,47,54)(H,48,53,55)/t25-,33-/m1/s1. The van der Waals surface area contributed by atoms with Crippen molar-refractivity contribution in [1.29, 1.82) is 5.26 Å². The number of imide groups is 1. The van der Waals surface area contributed by atoms with Crippen LogP contribution < -0.4 is 30.5 Å². The van der Waals surface area contributed by atoms with E-state index in [1.807, 2.05) is 19.1 Å². The van der Waals surface area contributed by atoms with E-state index in [1.165, 1.54) is 6.07 Å². The van der Waals surface area contributed by atoms with Crippen molar-refractivity contribution in [1.82, 2.24) is 15.1 Å². The number of nitriles is 1. The van der Waals surface area contributed by atoms with E-state index in [0.717, 1.165) is 35.7 Å². The number of hydrogen-bond donors (Lipinski definition) is 3. The quantitative estimate of drug-likeness (QED) is 0.162. The van der Waals surface area contributed by atoms with Crippen molar-refractivity contribution in [3.05, 3.63) is 77.4 Å². The van der Waals surface area contributed by atoms with E-state index in [9.17, 15) is 37.6 Å². The molecule has 4 amide bonds. The van der Waals surface area contributed by atoms with E-state index in [-0.39, 0.29) is 47.5 Å². The molecule has 3 aliphatic rings. The highest BCUT2D eigenvalue weighted by molar-refractivity contribution is 7.81. The summed E-state index contributed by atoms with van der Waals surface area (Å²) in [5.41, 5.74) is -0.279. The Kier molecular flexibility index (Phi) is 12.4. The number of anilines is 4. The summed E-state index contributed by atoms with van der Waals surface area (Å²) in [4.78, 5) is 57.4. The average molecular weight is 819 g/mol. The number of alkyl halides is 3. The first-order valence-electron chi connectivity index (χ1n) is 19.0. The van der Waals surface area contributed by atoms with Gasteiger partial charge in [-0.2, -0.15) is 18.4 Å². The number of thiocarbonyl (C=S) groups is 1. The monoisotopic (exact) mass is 818 g/mol. The Morgan fingerprint density at radius 2 is 1.79 bits per heavy atom. The molecule has 0 radical (unpaired) electrons. The number of rotatable bonds is 12. The van der Waals surface area contributed by atoms with Gasteiger partial charge in [0.2, 0.25) is 17.7 Å². The minimum Gasteiger partial charge on any atom is -0.492 e. The van der Waals surface area contributed by atoms with Crippen molar-refractivity contribution < 1.29 is 37.1 Å². The average Bonchev–Trinajstić information content (AvgIpc) is 3.35. The number of nitrogens with one attached hydrogen (secondary N) is 3. The number of amides is 4. The lowest BCUT2D eigenvalue weighted by atomic mass is 10.0. The molecule has 0 aromatic heterocycles. The molecule has 6 rings (SSSR count). The van der Waals surface area contributed by atoms with Gasteiger partial charge in [-0.15, -0.1) is 0 Å². The highest BCUT2D eigenvalue weighted by Gasteiger charge is 2.51. The van der Waals surface area contributed by atoms with Gasteiger partial charge >= 0.3 is 6.18 Å². The molecule has 0 spiro atoms. The highest BCUT2D eigenvalue weighted by atomic mass is 32.1. The third-order valence-corrected chi connectivity index (χ3v) is 11.0. The topological polar surface area (TPSA) is 150 Å². The van der Waals surface area contributed by atoms with Crippen LogP contribution in [0.3, 0.4) is 0 Å². The number of benzene rings is 3. The molecule has 3 aromatic carbocycles. The lowest BCUT2D eigenvalue weighted by Crippen LogP contribution is -2.54. The predicted molar refractivity (Wildman–Crippen MR) is 216 cm³/mol. The van der Waals surface area contributed by atoms with Crippen molar-refractivity contribution in [2.45, 2.75) is 70.8 Å². The van der Waals surface area contributed by atoms with Crippen LogP contribution >= 0.6 is 12.2 Å². The SMILES string of the molecule is CCc1cc(N2C(=S)N(c3ccc(C#N)c(C(F)(F)F)c3)C(=O)C2(C)C)ccc1OCCN1CCN(CC(=O)Nc2cccc(N[C@@H]3CCC(=O)NC3=O)c2)[C@H](C)C1. The Morgan fingerprint density at radius 3 is 2.48 bits per heavy atom. The van der Waals surface area contributed by atoms with Crippen LogP contribution in [0.2, 0.25) is 0 Å². The van der Waals surface area contributed by atoms with Gasteiger partial charge < -0.3 is 20.3 Å². The van der Waals surface area contributed by atoms with E-state index in [2.05, 4.69) is 32.7 Å². The molecule has 0 saturated carbocycles. The molecule has 3 N–H and O–H groups in total. The van der Waals surface area contributed by atoms with Crippen LogP contribution in [0.4, 0.5) is 35.9 Å². The zero-order chi connectivity index (χ0) is 41.9. The molecule has 3 aromatic rings. The summed E-state index contributed by atoms with van der Waals surface area (Å²) in [5.74, 6) is -0.647. The van der Waals surface area contributed by atoms with Crippen LogP contribution in [-0.2, 0) is 31.8 Å². The third kappa shape index (κ3) is 9.09. The highest BCUT2D eigenvalue weighted by Crippen LogP contribution is 2.40. The van der Waals surface area contributed by atoms with Crippen molar-refractivity contribution in [3.63, 3.8) is 0 Å². The maximum absolute atomic E-state index is 13.8. The molecule has 17 heteroatoms. The Labute approximate surface area is 340 Å². The zero-order valence-electron chi connectivity index (χ0n) is 32.6. The maximum Gasteiger partial charge on any atom is 0.417 e. The largest absolute Gasteiger partial charge is 0.492 e. The zero-order valence-corrected chi connectivity index (χ0v) is 33.4. The van der Waals surface area contributed by atoms with E-state index in [0.29, 0.717) is 55.3 Å². The summed E-state index contributed by atoms with van der Waals surface area (Å²) in [6.07, 6.45) is -3.53. The van der Waals surface area contributed by atoms with Crippen LogP contribution in [-0.4, -0.2) is 95.5 Å². The van der Waals surface area contributed by atoms with Gasteiger partial charge in [0.05, 0.1) is 29.4 Å². The van der Waals surface area contributed by atoms with Crippen LogP contribution in [0.25, 0.3) is 0 Å². The van der Waals surface area contributed by atoms with Crippen LogP contribution in [0.15, 0.2) is 60.7 Å². The van der Waals surface area contributed by atoms with Gasteiger partial charge in [-0.3, -0.25) is 39.2 Å². The summed E-state index contributed by atoms with van der Waals surface area (Å²) in [5, 5.41) is 17.7. The molecule has 3 fully saturated rings. The Balaban J connectivity index is 1.01. The van der Waals surface area contributed by atoms with Crippen molar-refractivity contribution in [3.8, 4) is 11.8 Å². The summed E-state index contributed by atoms with van der Waals surface area (Å²) < 4.78 is 47.6. The van der Waals surface area contributed by atoms with Gasteiger partial charge in [-0.25, -0.2) is 0 Å². The molecule has 0 aliphatic carbocycles. The fourth-order valence-corrected chi connectivity index (χ4v) is 8.00. The van der Waals surface area contributed by atoms with Crippen molar-refractivity contribution in [2.75, 3.05) is 59.8 Å². The van der Waals surface area contributed by atoms with E-state index < -0.39 is 34.8 Å². The third-order valence-electron chi connectivity index (χ3n) is 10.6. The van der Waals surface area contributed by atoms with Gasteiger partial charge in [0.15, 0.2) is 5.11 Å². The fourth-order valence-electron chi connectivity index (χ4n) is 7.48. The fraction of sp³-hybridized carbons (Fsp3) is 0.415. The van der Waals surface area contributed by atoms with Gasteiger partial charge in [-0.1, -0.05) is 13.0 Å². The van der Waals surface area contributed by atoms with Crippen LogP contribution in [0, 0.1) is 11.3 Å². The second kappa shape index (κ2) is 17.1. The Bertz CT molecular complexity index is 2160. The normalized spacial score (nSPS) is 20.2. The van der Waals surface area contributed by atoms with Gasteiger partial charge in [0.25, 0.3) is 5.91 Å². The number of carbonyl (C=O) groups is 4. The molecule has 3 aliphatic heterocycles. The molecular weight excluding hydrogens is 774 g/mol. The maximum atomic E-state index is 13.8. The number of piperidine rings is 1. The minimum atomic E-state index is -4.80. The minimum absolute atomic E-state index is 0.0165. The first-order chi connectivity index (χ1) is 27.5. The number of halogens is 3. The molecule has 3 saturated heterocycles. The molecule has 3 heterocycles. The smallest absolute Gasteiger partial charge is 0.417 e. The summed E-state index contributed by atoms with van der Waals surface area (Å²) in [7, 11) is 0. The number of aryl methyl sites for hydroxylation is 1. The number of nitrogens with zero attached hydrogens (tertiary/aromatic N) is 5. The van der Waals surface area contributed by atoms with E-state index in [4.69, 9.17) is 17.0 Å². The Hall–Kier alpha value is -5.57. The molecule has 0 unspecified atom stereocenters. The summed E-state index contributed by atoms with van der Waals surface area (Å²) in [6.45, 7) is 10.8. The number of piperazine rings is 1. The Morgan fingerprint density at radius 1 is 1.05 bits per heavy atom. The van der Waals surface area contributed by atoms with Gasteiger partial charge in [0.1, 0.15) is 23.9 Å². The van der Waals surface area contributed by atoms with Gasteiger partial charge in [-0.05, 0) is 106 Å². The summed E-state index contributed by atoms with van der Waals surface area (Å²) in [6, 6.07) is 16.8. The number of carbonyl (C=O) groups excluding carboxylic acids is 4. The first kappa shape index (κ1) is 42.0. The van der Waals surface area contributed by atoms with Crippen LogP contribution in [0.5, 0.6) is 5.75 Å². The molecular formula is C41H45F3N8O5S. The van der Waals surface area contributed by atoms with Crippen molar-refractivity contribution in [2.24, 2.45) is 0 Å². The predicted octanol–water partition coefficient (Wildman–Crippen LogP) is 5.30. The van der Waals surface area contributed by atoms with Crippen LogP contribution in [0.1, 0.15) is 57.2 Å². The second-order valence-corrected chi connectivity index (χ2v) is 15.4. The molecule has 0 bridgehead atoms. The number of hydrogen-bond acceptors (Lipinski definition) is 10. The molecule has 2 atom stereocenters. The van der Waals surface area contributed by atoms with E-state index >= 15 is 0 Å². The second-order valence-electron chi connectivity index (χ2n) is 15.0. The lowest BCUT2D eigenvalue weighted by molar-refractivity contribution is -0.138. The molecule has 306 valence electrons. The summed E-state index contributed by atoms with van der Waals surface area (Å²) >= 11 is 5.71. The lowest BCUT2D eigenvalue weighted by Gasteiger charge is -2.39. The van der Waals surface area contributed by atoms with E-state index in [1.54, 1.807) is 55.1 Å². The van der Waals surface area contributed by atoms with Crippen molar-refractivity contribution >= 4 is 63.7 Å². The molecule has 58 heavy (non-hydrogen) atoms. The molecule has 13 nitrogen and oxygen atoms in total.